The number of allylic oxidation sites excluding steroid dienone is 2. The van der Waals surface area contributed by atoms with E-state index in [2.05, 4.69) is 28.9 Å². The molecule has 38 heavy (non-hydrogen) atoms. The minimum Gasteiger partial charge on any atom is -0.383 e. The molecule has 1 saturated carbocycles. The van der Waals surface area contributed by atoms with E-state index in [0.717, 1.165) is 50.8 Å². The zero-order chi connectivity index (χ0) is 27.4. The van der Waals surface area contributed by atoms with E-state index in [9.17, 15) is 8.42 Å². The van der Waals surface area contributed by atoms with Crippen molar-refractivity contribution in [3.8, 4) is 21.8 Å². The average molecular weight is 550 g/mol. The van der Waals surface area contributed by atoms with Gasteiger partial charge in [0.2, 0.25) is 0 Å². The maximum absolute atomic E-state index is 12.0. The van der Waals surface area contributed by atoms with Crippen LogP contribution in [0, 0.1) is 18.3 Å². The van der Waals surface area contributed by atoms with E-state index in [4.69, 9.17) is 10.4 Å². The number of rotatable bonds is 9. The average Bonchev–Trinajstić information content (AvgIpc) is 3.32. The Bertz CT molecular complexity index is 1470. The minimum absolute atomic E-state index is 0.261. The van der Waals surface area contributed by atoms with Crippen LogP contribution in [0.15, 0.2) is 55.3 Å². The third kappa shape index (κ3) is 6.63. The fourth-order valence-electron chi connectivity index (χ4n) is 4.96. The van der Waals surface area contributed by atoms with Gasteiger partial charge in [0.05, 0.1) is 22.3 Å². The van der Waals surface area contributed by atoms with Gasteiger partial charge in [-0.3, -0.25) is 0 Å². The van der Waals surface area contributed by atoms with Crippen molar-refractivity contribution >= 4 is 32.5 Å². The van der Waals surface area contributed by atoms with Gasteiger partial charge in [-0.05, 0) is 74.3 Å². The molecule has 3 aromatic rings. The van der Waals surface area contributed by atoms with Crippen molar-refractivity contribution in [1.82, 2.24) is 20.1 Å². The fraction of sp³-hybridized carbons (Fsp3) is 0.379. The Labute approximate surface area is 229 Å². The van der Waals surface area contributed by atoms with Gasteiger partial charge >= 0.3 is 0 Å². The van der Waals surface area contributed by atoms with Crippen LogP contribution in [0.1, 0.15) is 48.4 Å². The van der Waals surface area contributed by atoms with Crippen molar-refractivity contribution in [2.24, 2.45) is 5.92 Å². The monoisotopic (exact) mass is 549 g/mol. The molecule has 1 N–H and O–H groups in total. The second kappa shape index (κ2) is 11.7. The molecule has 0 saturated heterocycles. The SMILES string of the molecule is C=C/C(=C\N(C)C)c1cccc(-c2ccc(-c3nnc(C)s3)c(C(=N)CC3CCC(S(C)(=O)=O)CC3)n2)c1. The number of aryl methyl sites for hydroxylation is 1. The second-order valence-corrected chi connectivity index (χ2v) is 13.7. The van der Waals surface area contributed by atoms with Crippen LogP contribution < -0.4 is 0 Å². The summed E-state index contributed by atoms with van der Waals surface area (Å²) in [7, 11) is 0.943. The standard InChI is InChI=1S/C29H35N5O2S2/c1-6-21(18-34(3)4)22-8-7-9-23(17-22)27-15-14-25(29-33-32-19(2)37-29)28(31-27)26(30)16-20-10-12-24(13-11-20)38(5,35)36/h6-9,14-15,17-18,20,24,30H,1,10-13,16H2,2-5H3/b21-18+,30-26?. The van der Waals surface area contributed by atoms with Crippen molar-refractivity contribution in [3.05, 3.63) is 71.5 Å². The van der Waals surface area contributed by atoms with Gasteiger partial charge in [-0.2, -0.15) is 0 Å². The Morgan fingerprint density at radius 3 is 2.50 bits per heavy atom. The summed E-state index contributed by atoms with van der Waals surface area (Å²) in [5.41, 5.74) is 5.66. The van der Waals surface area contributed by atoms with E-state index >= 15 is 0 Å². The summed E-state index contributed by atoms with van der Waals surface area (Å²) >= 11 is 1.49. The summed E-state index contributed by atoms with van der Waals surface area (Å²) in [6, 6.07) is 12.1. The van der Waals surface area contributed by atoms with Gasteiger partial charge in [0.15, 0.2) is 0 Å². The molecule has 200 valence electrons. The fourth-order valence-corrected chi connectivity index (χ4v) is 6.81. The normalized spacial score (nSPS) is 18.3. The number of hydrogen-bond acceptors (Lipinski definition) is 8. The number of aromatic nitrogens is 3. The molecule has 0 amide bonds. The highest BCUT2D eigenvalue weighted by atomic mass is 32.2. The lowest BCUT2D eigenvalue weighted by Gasteiger charge is -2.27. The number of hydrogen-bond donors (Lipinski definition) is 1. The van der Waals surface area contributed by atoms with Crippen molar-refractivity contribution < 1.29 is 8.42 Å². The smallest absolute Gasteiger partial charge is 0.150 e. The van der Waals surface area contributed by atoms with Crippen LogP contribution in [0.2, 0.25) is 0 Å². The van der Waals surface area contributed by atoms with Gasteiger partial charge in [-0.15, -0.1) is 10.2 Å². The predicted molar refractivity (Wildman–Crippen MR) is 157 cm³/mol. The first-order valence-electron chi connectivity index (χ1n) is 12.7. The Hall–Kier alpha value is -3.17. The molecule has 0 unspecified atom stereocenters. The highest BCUT2D eigenvalue weighted by Crippen LogP contribution is 2.34. The maximum atomic E-state index is 12.0. The van der Waals surface area contributed by atoms with Crippen molar-refractivity contribution in [1.29, 1.82) is 5.41 Å². The summed E-state index contributed by atoms with van der Waals surface area (Å²) < 4.78 is 23.9. The number of nitrogens with zero attached hydrogens (tertiary/aromatic N) is 4. The first kappa shape index (κ1) is 27.9. The highest BCUT2D eigenvalue weighted by Gasteiger charge is 2.29. The zero-order valence-corrected chi connectivity index (χ0v) is 24.1. The van der Waals surface area contributed by atoms with Gasteiger partial charge in [-0.1, -0.05) is 42.2 Å². The highest BCUT2D eigenvalue weighted by molar-refractivity contribution is 7.91. The number of sulfone groups is 1. The van der Waals surface area contributed by atoms with Gasteiger partial charge in [0.1, 0.15) is 19.9 Å². The predicted octanol–water partition coefficient (Wildman–Crippen LogP) is 6.03. The Morgan fingerprint density at radius 1 is 1.16 bits per heavy atom. The van der Waals surface area contributed by atoms with Gasteiger partial charge in [-0.25, -0.2) is 13.4 Å². The van der Waals surface area contributed by atoms with E-state index in [0.29, 0.717) is 30.7 Å². The van der Waals surface area contributed by atoms with E-state index in [1.165, 1.54) is 17.6 Å². The molecule has 0 atom stereocenters. The van der Waals surface area contributed by atoms with E-state index in [-0.39, 0.29) is 11.2 Å². The summed E-state index contributed by atoms with van der Waals surface area (Å²) in [5.74, 6) is 0.268. The molecule has 1 aliphatic rings. The van der Waals surface area contributed by atoms with Crippen molar-refractivity contribution in [3.63, 3.8) is 0 Å². The molecule has 0 bridgehead atoms. The van der Waals surface area contributed by atoms with Crippen LogP contribution in [0.3, 0.4) is 0 Å². The first-order chi connectivity index (χ1) is 18.0. The summed E-state index contributed by atoms with van der Waals surface area (Å²) in [4.78, 5) is 6.99. The zero-order valence-electron chi connectivity index (χ0n) is 22.4. The topological polar surface area (TPSA) is 99.9 Å². The van der Waals surface area contributed by atoms with Gasteiger partial charge in [0, 0.05) is 37.7 Å². The molecule has 9 heteroatoms. The molecule has 1 aromatic carbocycles. The molecule has 2 heterocycles. The van der Waals surface area contributed by atoms with Crippen LogP contribution in [0.25, 0.3) is 27.4 Å². The lowest BCUT2D eigenvalue weighted by molar-refractivity contribution is 0.366. The van der Waals surface area contributed by atoms with E-state index in [1.54, 1.807) is 0 Å². The third-order valence-corrected chi connectivity index (χ3v) is 9.49. The molecule has 0 aliphatic heterocycles. The summed E-state index contributed by atoms with van der Waals surface area (Å²) in [5, 5.41) is 18.9. The van der Waals surface area contributed by atoms with Crippen LogP contribution in [-0.4, -0.2) is 59.8 Å². The Kier molecular flexibility index (Phi) is 8.57. The lowest BCUT2D eigenvalue weighted by Crippen LogP contribution is -2.27. The summed E-state index contributed by atoms with van der Waals surface area (Å²) in [6.45, 7) is 5.88. The van der Waals surface area contributed by atoms with E-state index in [1.807, 2.05) is 62.5 Å². The quantitative estimate of drug-likeness (QED) is 0.259. The number of pyridine rings is 1. The largest absolute Gasteiger partial charge is 0.383 e. The van der Waals surface area contributed by atoms with Crippen molar-refractivity contribution in [2.45, 2.75) is 44.3 Å². The van der Waals surface area contributed by atoms with Crippen LogP contribution >= 0.6 is 11.3 Å². The molecule has 0 radical (unpaired) electrons. The molecule has 7 nitrogen and oxygen atoms in total. The molecule has 4 rings (SSSR count). The Morgan fingerprint density at radius 2 is 1.89 bits per heavy atom. The lowest BCUT2D eigenvalue weighted by atomic mass is 9.84. The molecule has 0 spiro atoms. The Balaban J connectivity index is 1.67. The molecular formula is C29H35N5O2S2. The summed E-state index contributed by atoms with van der Waals surface area (Å²) in [6.07, 6.45) is 8.68. The van der Waals surface area contributed by atoms with Crippen LogP contribution in [-0.2, 0) is 9.84 Å². The number of benzene rings is 1. The number of nitrogens with one attached hydrogen (secondary N) is 1. The van der Waals surface area contributed by atoms with Crippen molar-refractivity contribution in [2.75, 3.05) is 20.4 Å². The van der Waals surface area contributed by atoms with Crippen LogP contribution in [0.5, 0.6) is 0 Å². The molecule has 1 aliphatic carbocycles. The molecular weight excluding hydrogens is 514 g/mol. The second-order valence-electron chi connectivity index (χ2n) is 10.2. The maximum Gasteiger partial charge on any atom is 0.150 e. The van der Waals surface area contributed by atoms with Gasteiger partial charge in [0.25, 0.3) is 0 Å². The minimum atomic E-state index is -3.02. The molecule has 1 fully saturated rings. The third-order valence-electron chi connectivity index (χ3n) is 6.94. The van der Waals surface area contributed by atoms with Crippen LogP contribution in [0.4, 0.5) is 0 Å². The van der Waals surface area contributed by atoms with E-state index < -0.39 is 9.84 Å². The first-order valence-corrected chi connectivity index (χ1v) is 15.5. The molecule has 2 aromatic heterocycles. The van der Waals surface area contributed by atoms with Gasteiger partial charge < -0.3 is 10.3 Å².